The van der Waals surface area contributed by atoms with Crippen molar-refractivity contribution in [3.05, 3.63) is 0 Å². The van der Waals surface area contributed by atoms with Crippen LogP contribution in [0.3, 0.4) is 0 Å². The first-order valence-electron chi connectivity index (χ1n) is 2.85. The smallest absolute Gasteiger partial charge is 0.414 e. The highest BCUT2D eigenvalue weighted by molar-refractivity contribution is 7.44. The monoisotopic (exact) mass is 178 g/mol. The van der Waals surface area contributed by atoms with Gasteiger partial charge in [-0.05, 0) is 6.92 Å². The average molecular weight is 178 g/mol. The van der Waals surface area contributed by atoms with Gasteiger partial charge in [-0.3, -0.25) is 0 Å². The number of amides is 2. The number of hydrogen-bond donors (Lipinski definition) is 0. The topological polar surface area (TPSA) is 55.6 Å². The molecule has 0 fully saturated rings. The van der Waals surface area contributed by atoms with Crippen LogP contribution in [0.4, 0.5) is 9.59 Å². The number of hydrogen-bond acceptors (Lipinski definition) is 5. The van der Waals surface area contributed by atoms with Gasteiger partial charge in [0.15, 0.2) is 0 Å². The van der Waals surface area contributed by atoms with Crippen molar-refractivity contribution in [2.45, 2.75) is 6.92 Å². The lowest BCUT2D eigenvalue weighted by Crippen LogP contribution is -2.25. The maximum absolute atomic E-state index is 10.6. The SMILES string of the molecule is CCOC(=O)[N+](=S)C(=O)OC. The van der Waals surface area contributed by atoms with Gasteiger partial charge >= 0.3 is 12.2 Å². The normalized spacial score (nSPS) is 8.55. The molecule has 0 aliphatic carbocycles. The van der Waals surface area contributed by atoms with Crippen molar-refractivity contribution in [1.29, 1.82) is 0 Å². The Hall–Kier alpha value is -1.04. The molecule has 0 aromatic heterocycles. The van der Waals surface area contributed by atoms with Crippen LogP contribution in [0.15, 0.2) is 0 Å². The molecule has 0 aromatic carbocycles. The highest BCUT2D eigenvalue weighted by atomic mass is 32.1. The first kappa shape index (κ1) is 9.96. The fraction of sp³-hybridized carbons (Fsp3) is 0.600. The fourth-order valence-electron chi connectivity index (χ4n) is 0.340. The lowest BCUT2D eigenvalue weighted by molar-refractivity contribution is -0.339. The maximum atomic E-state index is 10.6. The van der Waals surface area contributed by atoms with Gasteiger partial charge in [0.05, 0.1) is 17.7 Å². The zero-order valence-corrected chi connectivity index (χ0v) is 7.01. The molecular weight excluding hydrogens is 170 g/mol. The summed E-state index contributed by atoms with van der Waals surface area (Å²) in [5.41, 5.74) is 0. The van der Waals surface area contributed by atoms with Gasteiger partial charge in [0, 0.05) is 0 Å². The molecule has 0 rings (SSSR count). The number of rotatable bonds is 1. The molecule has 0 aliphatic rings. The van der Waals surface area contributed by atoms with E-state index in [0.717, 1.165) is 7.11 Å². The molecule has 2 amide bonds. The molecule has 0 aliphatic heterocycles. The van der Waals surface area contributed by atoms with Crippen molar-refractivity contribution in [3.8, 4) is 0 Å². The summed E-state index contributed by atoms with van der Waals surface area (Å²) in [6.07, 6.45) is -1.81. The lowest BCUT2D eigenvalue weighted by atomic mass is 10.8. The van der Waals surface area contributed by atoms with Crippen LogP contribution >= 0.6 is 0 Å². The molecule has 0 saturated carbocycles. The maximum Gasteiger partial charge on any atom is 0.623 e. The van der Waals surface area contributed by atoms with Gasteiger partial charge in [-0.15, -0.1) is 0 Å². The van der Waals surface area contributed by atoms with Gasteiger partial charge < -0.3 is 9.47 Å². The zero-order chi connectivity index (χ0) is 8.85. The summed E-state index contributed by atoms with van der Waals surface area (Å²) in [4.78, 5) is 21.2. The minimum Gasteiger partial charge on any atom is -0.414 e. The average Bonchev–Trinajstić information content (AvgIpc) is 2.02. The van der Waals surface area contributed by atoms with Crippen LogP contribution in [-0.2, 0) is 21.9 Å². The van der Waals surface area contributed by atoms with Gasteiger partial charge in [-0.1, -0.05) is 0 Å². The molecule has 5 nitrogen and oxygen atoms in total. The standard InChI is InChI=1S/C5H8NO4S/c1-3-10-5(8)6(11)4(7)9-2/h3H2,1-2H3/q+1. The number of imide groups is 1. The van der Waals surface area contributed by atoms with Crippen LogP contribution in [0.5, 0.6) is 0 Å². The fourth-order valence-corrected chi connectivity index (χ4v) is 0.467. The van der Waals surface area contributed by atoms with E-state index in [1.165, 1.54) is 0 Å². The van der Waals surface area contributed by atoms with Crippen LogP contribution in [0, 0.1) is 0 Å². The lowest BCUT2D eigenvalue weighted by Gasteiger charge is -1.91. The van der Waals surface area contributed by atoms with Crippen molar-refractivity contribution in [3.63, 3.8) is 0 Å². The van der Waals surface area contributed by atoms with E-state index >= 15 is 0 Å². The van der Waals surface area contributed by atoms with E-state index in [-0.39, 0.29) is 6.61 Å². The van der Waals surface area contributed by atoms with Crippen LogP contribution in [-0.4, -0.2) is 29.8 Å². The summed E-state index contributed by atoms with van der Waals surface area (Å²) in [5, 5.41) is 0. The molecule has 0 atom stereocenters. The first-order valence-corrected chi connectivity index (χ1v) is 3.22. The summed E-state index contributed by atoms with van der Waals surface area (Å²) in [6, 6.07) is 0. The van der Waals surface area contributed by atoms with Gasteiger partial charge in [0.25, 0.3) is 12.4 Å². The Labute approximate surface area is 69.1 Å². The Morgan fingerprint density at radius 2 is 2.00 bits per heavy atom. The van der Waals surface area contributed by atoms with Crippen molar-refractivity contribution < 1.29 is 23.0 Å². The third kappa shape index (κ3) is 3.03. The Balaban J connectivity index is 4.03. The van der Waals surface area contributed by atoms with E-state index in [1.54, 1.807) is 6.92 Å². The Kier molecular flexibility index (Phi) is 4.28. The zero-order valence-electron chi connectivity index (χ0n) is 6.20. The molecule has 0 heterocycles. The predicted octanol–water partition coefficient (Wildman–Crippen LogP) is 0.652. The quantitative estimate of drug-likeness (QED) is 0.552. The summed E-state index contributed by atoms with van der Waals surface area (Å²) in [5.74, 6) is 0. The van der Waals surface area contributed by atoms with Crippen molar-refractivity contribution in [2.75, 3.05) is 13.7 Å². The van der Waals surface area contributed by atoms with Crippen LogP contribution in [0.1, 0.15) is 6.92 Å². The molecule has 0 saturated heterocycles. The number of ether oxygens (including phenoxy) is 2. The third-order valence-corrected chi connectivity index (χ3v) is 1.07. The van der Waals surface area contributed by atoms with Gasteiger partial charge in [-0.2, -0.15) is 9.59 Å². The molecule has 0 aromatic rings. The summed E-state index contributed by atoms with van der Waals surface area (Å²) >= 11 is 4.33. The van der Waals surface area contributed by atoms with Gasteiger partial charge in [0.2, 0.25) is 0 Å². The van der Waals surface area contributed by atoms with Gasteiger partial charge in [0.1, 0.15) is 0 Å². The van der Waals surface area contributed by atoms with Gasteiger partial charge in [-0.25, -0.2) is 0 Å². The van der Waals surface area contributed by atoms with Crippen molar-refractivity contribution >= 4 is 24.6 Å². The molecule has 0 spiro atoms. The van der Waals surface area contributed by atoms with Crippen LogP contribution in [0.2, 0.25) is 0 Å². The Bertz CT molecular complexity index is 191. The molecular formula is C5H8NO4S+. The molecule has 0 radical (unpaired) electrons. The van der Waals surface area contributed by atoms with E-state index in [9.17, 15) is 9.59 Å². The third-order valence-electron chi connectivity index (χ3n) is 0.774. The van der Waals surface area contributed by atoms with E-state index in [1.807, 2.05) is 0 Å². The minimum atomic E-state index is -0.918. The molecule has 62 valence electrons. The van der Waals surface area contributed by atoms with E-state index < -0.39 is 12.2 Å². The highest BCUT2D eigenvalue weighted by Gasteiger charge is 2.30. The number of carbonyl (C=O) groups is 2. The second-order valence-corrected chi connectivity index (χ2v) is 1.83. The highest BCUT2D eigenvalue weighted by Crippen LogP contribution is 1.87. The van der Waals surface area contributed by atoms with Crippen molar-refractivity contribution in [1.82, 2.24) is 0 Å². The summed E-state index contributed by atoms with van der Waals surface area (Å²) < 4.78 is 8.91. The summed E-state index contributed by atoms with van der Waals surface area (Å²) in [6.45, 7) is 1.78. The van der Waals surface area contributed by atoms with E-state index in [4.69, 9.17) is 0 Å². The molecule has 6 heteroatoms. The second-order valence-electron chi connectivity index (χ2n) is 1.46. The molecule has 0 bridgehead atoms. The largest absolute Gasteiger partial charge is 0.623 e. The molecule has 0 N–H and O–H groups in total. The van der Waals surface area contributed by atoms with Crippen molar-refractivity contribution in [2.24, 2.45) is 0 Å². The Morgan fingerprint density at radius 1 is 1.45 bits per heavy atom. The first-order chi connectivity index (χ1) is 5.13. The predicted molar refractivity (Wildman–Crippen MR) is 37.1 cm³/mol. The summed E-state index contributed by atoms with van der Waals surface area (Å²) in [7, 11) is 1.13. The van der Waals surface area contributed by atoms with Crippen LogP contribution < -0.4 is 0 Å². The Morgan fingerprint density at radius 3 is 2.36 bits per heavy atom. The number of carbonyl (C=O) groups excluding carboxylic acids is 2. The number of nitrogens with zero attached hydrogens (tertiary/aromatic N) is 1. The molecule has 11 heavy (non-hydrogen) atoms. The van der Waals surface area contributed by atoms with Crippen LogP contribution in [0.25, 0.3) is 0 Å². The minimum absolute atomic E-state index is 0.170. The van der Waals surface area contributed by atoms with E-state index in [0.29, 0.717) is 3.95 Å². The molecule has 0 unspecified atom stereocenters. The second kappa shape index (κ2) is 4.73. The number of methoxy groups -OCH3 is 1. The van der Waals surface area contributed by atoms with E-state index in [2.05, 4.69) is 21.9 Å².